The van der Waals surface area contributed by atoms with Crippen LogP contribution in [0.3, 0.4) is 0 Å². The number of rotatable bonds is 3. The third-order valence-electron chi connectivity index (χ3n) is 4.27. The van der Waals surface area contributed by atoms with E-state index in [2.05, 4.69) is 15.6 Å². The SMILES string of the molecule is Cc1ccc(NC(=O)c2nnn(-c3ccc(C)c(Cl)c3)c2C)cc1C. The lowest BCUT2D eigenvalue weighted by Gasteiger charge is -2.08. The van der Waals surface area contributed by atoms with Gasteiger partial charge < -0.3 is 5.32 Å². The molecule has 0 bridgehead atoms. The quantitative estimate of drug-likeness (QED) is 0.758. The lowest BCUT2D eigenvalue weighted by molar-refractivity contribution is 0.102. The molecule has 1 N–H and O–H groups in total. The normalized spacial score (nSPS) is 10.8. The minimum absolute atomic E-state index is 0.287. The van der Waals surface area contributed by atoms with Crippen molar-refractivity contribution in [2.75, 3.05) is 5.32 Å². The summed E-state index contributed by atoms with van der Waals surface area (Å²) in [6.45, 7) is 7.78. The Labute approximate surface area is 151 Å². The molecule has 3 rings (SSSR count). The summed E-state index contributed by atoms with van der Waals surface area (Å²) in [5.41, 5.74) is 5.72. The van der Waals surface area contributed by atoms with E-state index in [1.54, 1.807) is 4.68 Å². The Bertz CT molecular complexity index is 962. The fourth-order valence-corrected chi connectivity index (χ4v) is 2.68. The zero-order valence-electron chi connectivity index (χ0n) is 14.6. The van der Waals surface area contributed by atoms with Gasteiger partial charge in [-0.1, -0.05) is 28.9 Å². The molecule has 0 saturated carbocycles. The molecule has 0 aliphatic carbocycles. The summed E-state index contributed by atoms with van der Waals surface area (Å²) in [6, 6.07) is 11.4. The summed E-state index contributed by atoms with van der Waals surface area (Å²) >= 11 is 6.18. The predicted molar refractivity (Wildman–Crippen MR) is 99.7 cm³/mol. The van der Waals surface area contributed by atoms with E-state index in [0.29, 0.717) is 10.7 Å². The van der Waals surface area contributed by atoms with Gasteiger partial charge in [0.25, 0.3) is 5.91 Å². The van der Waals surface area contributed by atoms with Gasteiger partial charge in [0.1, 0.15) is 0 Å². The lowest BCUT2D eigenvalue weighted by Crippen LogP contribution is -2.14. The highest BCUT2D eigenvalue weighted by molar-refractivity contribution is 6.31. The van der Waals surface area contributed by atoms with Gasteiger partial charge >= 0.3 is 0 Å². The molecule has 25 heavy (non-hydrogen) atoms. The molecule has 0 saturated heterocycles. The number of benzene rings is 2. The van der Waals surface area contributed by atoms with Crippen molar-refractivity contribution in [2.45, 2.75) is 27.7 Å². The molecule has 1 aromatic heterocycles. The van der Waals surface area contributed by atoms with Crippen LogP contribution in [0.4, 0.5) is 5.69 Å². The molecule has 1 amide bonds. The maximum atomic E-state index is 12.5. The van der Waals surface area contributed by atoms with Crippen LogP contribution in [0.15, 0.2) is 36.4 Å². The van der Waals surface area contributed by atoms with E-state index in [0.717, 1.165) is 22.5 Å². The number of nitrogens with one attached hydrogen (secondary N) is 1. The molecular formula is C19H19ClN4O. The average molecular weight is 355 g/mol. The van der Waals surface area contributed by atoms with Crippen molar-refractivity contribution in [2.24, 2.45) is 0 Å². The first-order valence-corrected chi connectivity index (χ1v) is 8.32. The molecule has 3 aromatic rings. The Kier molecular flexibility index (Phi) is 4.59. The fourth-order valence-electron chi connectivity index (χ4n) is 2.51. The second-order valence-corrected chi connectivity index (χ2v) is 6.53. The van der Waals surface area contributed by atoms with Gasteiger partial charge in [0, 0.05) is 10.7 Å². The second-order valence-electron chi connectivity index (χ2n) is 6.12. The van der Waals surface area contributed by atoms with Crippen LogP contribution in [-0.4, -0.2) is 20.9 Å². The number of anilines is 1. The van der Waals surface area contributed by atoms with Crippen molar-refractivity contribution in [1.82, 2.24) is 15.0 Å². The van der Waals surface area contributed by atoms with E-state index < -0.39 is 0 Å². The molecule has 0 fully saturated rings. The number of halogens is 1. The van der Waals surface area contributed by atoms with Crippen molar-refractivity contribution in [3.8, 4) is 5.69 Å². The monoisotopic (exact) mass is 354 g/mol. The van der Waals surface area contributed by atoms with Gasteiger partial charge in [-0.2, -0.15) is 0 Å². The maximum Gasteiger partial charge on any atom is 0.278 e. The van der Waals surface area contributed by atoms with Gasteiger partial charge in [-0.25, -0.2) is 4.68 Å². The van der Waals surface area contributed by atoms with Crippen LogP contribution in [0.5, 0.6) is 0 Å². The smallest absolute Gasteiger partial charge is 0.278 e. The molecule has 0 spiro atoms. The third-order valence-corrected chi connectivity index (χ3v) is 4.68. The standard InChI is InChI=1S/C19H19ClN4O/c1-11-5-7-15(9-13(11)3)21-19(25)18-14(4)24(23-22-18)16-8-6-12(2)17(20)10-16/h5-10H,1-4H3,(H,21,25). The fraction of sp³-hybridized carbons (Fsp3) is 0.211. The van der Waals surface area contributed by atoms with E-state index in [1.165, 1.54) is 5.56 Å². The van der Waals surface area contributed by atoms with Crippen LogP contribution in [0.1, 0.15) is 32.9 Å². The minimum Gasteiger partial charge on any atom is -0.321 e. The summed E-state index contributed by atoms with van der Waals surface area (Å²) in [6.07, 6.45) is 0. The number of carbonyl (C=O) groups excluding carboxylic acids is 1. The summed E-state index contributed by atoms with van der Waals surface area (Å²) in [5, 5.41) is 11.7. The van der Waals surface area contributed by atoms with Crippen LogP contribution in [0, 0.1) is 27.7 Å². The minimum atomic E-state index is -0.287. The maximum absolute atomic E-state index is 12.5. The molecule has 128 valence electrons. The van der Waals surface area contributed by atoms with E-state index in [-0.39, 0.29) is 11.6 Å². The lowest BCUT2D eigenvalue weighted by atomic mass is 10.1. The van der Waals surface area contributed by atoms with Crippen molar-refractivity contribution in [3.05, 3.63) is 69.5 Å². The van der Waals surface area contributed by atoms with Gasteiger partial charge in [0.2, 0.25) is 0 Å². The molecule has 0 aliphatic rings. The second kappa shape index (κ2) is 6.69. The molecule has 0 unspecified atom stereocenters. The number of nitrogens with zero attached hydrogens (tertiary/aromatic N) is 3. The van der Waals surface area contributed by atoms with Gasteiger partial charge in [-0.3, -0.25) is 4.79 Å². The topological polar surface area (TPSA) is 59.8 Å². The number of carbonyl (C=O) groups is 1. The van der Waals surface area contributed by atoms with Crippen molar-refractivity contribution >= 4 is 23.2 Å². The Hall–Kier alpha value is -2.66. The van der Waals surface area contributed by atoms with Crippen LogP contribution in [-0.2, 0) is 0 Å². The first-order valence-electron chi connectivity index (χ1n) is 7.94. The van der Waals surface area contributed by atoms with Gasteiger partial charge in [-0.15, -0.1) is 5.10 Å². The van der Waals surface area contributed by atoms with E-state index in [9.17, 15) is 4.79 Å². The number of aromatic nitrogens is 3. The first-order chi connectivity index (χ1) is 11.9. The van der Waals surface area contributed by atoms with E-state index in [1.807, 2.05) is 64.1 Å². The number of hydrogen-bond donors (Lipinski definition) is 1. The number of amides is 1. The molecule has 5 nitrogen and oxygen atoms in total. The van der Waals surface area contributed by atoms with Crippen LogP contribution < -0.4 is 5.32 Å². The third kappa shape index (κ3) is 3.42. The molecular weight excluding hydrogens is 336 g/mol. The molecule has 1 heterocycles. The number of hydrogen-bond acceptors (Lipinski definition) is 3. The molecule has 6 heteroatoms. The predicted octanol–water partition coefficient (Wildman–Crippen LogP) is 4.41. The average Bonchev–Trinajstić information content (AvgIpc) is 2.95. The van der Waals surface area contributed by atoms with Crippen LogP contribution in [0.2, 0.25) is 5.02 Å². The number of aryl methyl sites for hydroxylation is 3. The van der Waals surface area contributed by atoms with Gasteiger partial charge in [-0.05, 0) is 68.7 Å². The van der Waals surface area contributed by atoms with E-state index >= 15 is 0 Å². The highest BCUT2D eigenvalue weighted by atomic mass is 35.5. The Morgan fingerprint density at radius 2 is 1.72 bits per heavy atom. The highest BCUT2D eigenvalue weighted by Gasteiger charge is 2.18. The Morgan fingerprint density at radius 1 is 1.00 bits per heavy atom. The van der Waals surface area contributed by atoms with Crippen molar-refractivity contribution in [1.29, 1.82) is 0 Å². The highest BCUT2D eigenvalue weighted by Crippen LogP contribution is 2.21. The molecule has 2 aromatic carbocycles. The zero-order chi connectivity index (χ0) is 18.1. The zero-order valence-corrected chi connectivity index (χ0v) is 15.3. The largest absolute Gasteiger partial charge is 0.321 e. The van der Waals surface area contributed by atoms with Crippen LogP contribution in [0.25, 0.3) is 5.69 Å². The Morgan fingerprint density at radius 3 is 2.40 bits per heavy atom. The summed E-state index contributed by atoms with van der Waals surface area (Å²) in [4.78, 5) is 12.5. The molecule has 0 atom stereocenters. The summed E-state index contributed by atoms with van der Waals surface area (Å²) in [5.74, 6) is -0.287. The Balaban J connectivity index is 1.88. The van der Waals surface area contributed by atoms with Crippen molar-refractivity contribution < 1.29 is 4.79 Å². The summed E-state index contributed by atoms with van der Waals surface area (Å²) in [7, 11) is 0. The summed E-state index contributed by atoms with van der Waals surface area (Å²) < 4.78 is 1.61. The first kappa shape index (κ1) is 17.2. The molecule has 0 aliphatic heterocycles. The van der Waals surface area contributed by atoms with Gasteiger partial charge in [0.05, 0.1) is 11.4 Å². The molecule has 0 radical (unpaired) electrons. The van der Waals surface area contributed by atoms with Gasteiger partial charge in [0.15, 0.2) is 5.69 Å². The van der Waals surface area contributed by atoms with Crippen LogP contribution >= 0.6 is 11.6 Å². The van der Waals surface area contributed by atoms with Crippen molar-refractivity contribution in [3.63, 3.8) is 0 Å². The van der Waals surface area contributed by atoms with E-state index in [4.69, 9.17) is 11.6 Å².